The molecule has 0 fully saturated rings. The number of hydrogen-bond acceptors (Lipinski definition) is 11. The molecule has 9 nitrogen and oxygen atoms in total. The van der Waals surface area contributed by atoms with Gasteiger partial charge >= 0.3 is 6.01 Å². The normalized spacial score (nSPS) is 10.4. The summed E-state index contributed by atoms with van der Waals surface area (Å²) >= 11 is 2.72. The Hall–Kier alpha value is -1.72. The number of nitrogens with zero attached hydrogens (tertiary/aromatic N) is 6. The second-order valence-electron chi connectivity index (χ2n) is 3.65. The zero-order valence-corrected chi connectivity index (χ0v) is 12.8. The predicted molar refractivity (Wildman–Crippen MR) is 77.2 cm³/mol. The minimum atomic E-state index is 0.218. The molecule has 0 amide bonds. The Balaban J connectivity index is 2.20. The van der Waals surface area contributed by atoms with Gasteiger partial charge in [0.05, 0.1) is 6.61 Å². The van der Waals surface area contributed by atoms with Gasteiger partial charge in [0.1, 0.15) is 0 Å². The van der Waals surface area contributed by atoms with Crippen molar-refractivity contribution in [3.05, 3.63) is 0 Å². The average molecular weight is 314 g/mol. The van der Waals surface area contributed by atoms with Gasteiger partial charge in [-0.1, -0.05) is 11.3 Å². The van der Waals surface area contributed by atoms with E-state index >= 15 is 0 Å². The first-order valence-corrected chi connectivity index (χ1v) is 7.29. The van der Waals surface area contributed by atoms with Gasteiger partial charge in [0, 0.05) is 14.1 Å². The number of aromatic nitrogens is 5. The third-order valence-corrected chi connectivity index (χ3v) is 3.96. The van der Waals surface area contributed by atoms with Crippen molar-refractivity contribution in [2.75, 3.05) is 31.0 Å². The van der Waals surface area contributed by atoms with Crippen molar-refractivity contribution in [3.63, 3.8) is 0 Å². The van der Waals surface area contributed by atoms with Crippen molar-refractivity contribution in [2.24, 2.45) is 5.84 Å². The van der Waals surface area contributed by atoms with Crippen LogP contribution >= 0.6 is 23.1 Å². The van der Waals surface area contributed by atoms with E-state index in [0.29, 0.717) is 11.8 Å². The van der Waals surface area contributed by atoms with Crippen LogP contribution < -0.4 is 20.9 Å². The van der Waals surface area contributed by atoms with Crippen LogP contribution in [0.1, 0.15) is 6.92 Å². The molecule has 2 aromatic rings. The Kier molecular flexibility index (Phi) is 4.87. The number of hydrazine groups is 1. The first-order valence-electron chi connectivity index (χ1n) is 5.66. The van der Waals surface area contributed by atoms with Crippen molar-refractivity contribution >= 4 is 34.2 Å². The fourth-order valence-electron chi connectivity index (χ4n) is 1.14. The molecular formula is C9H14N8OS2. The zero-order valence-electron chi connectivity index (χ0n) is 11.2. The molecule has 3 N–H and O–H groups in total. The van der Waals surface area contributed by atoms with Gasteiger partial charge in [-0.3, -0.25) is 5.43 Å². The van der Waals surface area contributed by atoms with Crippen molar-refractivity contribution in [3.8, 4) is 6.01 Å². The van der Waals surface area contributed by atoms with Gasteiger partial charge in [-0.05, 0) is 18.7 Å². The van der Waals surface area contributed by atoms with E-state index in [-0.39, 0.29) is 12.0 Å². The molecule has 0 atom stereocenters. The summed E-state index contributed by atoms with van der Waals surface area (Å²) in [6.07, 6.45) is 0. The second kappa shape index (κ2) is 6.63. The van der Waals surface area contributed by atoms with Crippen LogP contribution in [0.25, 0.3) is 0 Å². The minimum absolute atomic E-state index is 0.218. The second-order valence-corrected chi connectivity index (χ2v) is 5.82. The lowest BCUT2D eigenvalue weighted by Crippen LogP contribution is -2.12. The standard InChI is InChI=1S/C9H14N8OS2/c1-4-18-6-11-5(14-10)12-7(13-6)19-9-16-15-8(20-9)17(2)3/h4,10H2,1-3H3,(H,11,12,13,14). The molecule has 0 radical (unpaired) electrons. The third kappa shape index (κ3) is 3.65. The van der Waals surface area contributed by atoms with Crippen molar-refractivity contribution in [2.45, 2.75) is 16.4 Å². The summed E-state index contributed by atoms with van der Waals surface area (Å²) in [6.45, 7) is 2.31. The van der Waals surface area contributed by atoms with Crippen LogP contribution in [0, 0.1) is 0 Å². The van der Waals surface area contributed by atoms with E-state index < -0.39 is 0 Å². The maximum absolute atomic E-state index is 5.32. The summed E-state index contributed by atoms with van der Waals surface area (Å²) in [5.74, 6) is 5.56. The SMILES string of the molecule is CCOc1nc(NN)nc(Sc2nnc(N(C)C)s2)n1. The number of nitrogen functional groups attached to an aromatic ring is 1. The Morgan fingerprint density at radius 3 is 2.70 bits per heavy atom. The molecule has 0 aliphatic heterocycles. The fourth-order valence-corrected chi connectivity index (χ4v) is 2.75. The average Bonchev–Trinajstić information content (AvgIpc) is 2.87. The Morgan fingerprint density at radius 2 is 2.10 bits per heavy atom. The first-order chi connectivity index (χ1) is 9.62. The monoisotopic (exact) mass is 314 g/mol. The molecule has 2 aromatic heterocycles. The molecule has 2 rings (SSSR count). The molecule has 11 heteroatoms. The molecule has 108 valence electrons. The molecule has 0 saturated heterocycles. The van der Waals surface area contributed by atoms with Gasteiger partial charge in [-0.15, -0.1) is 10.2 Å². The van der Waals surface area contributed by atoms with Gasteiger partial charge < -0.3 is 9.64 Å². The van der Waals surface area contributed by atoms with Crippen molar-refractivity contribution in [1.29, 1.82) is 0 Å². The lowest BCUT2D eigenvalue weighted by molar-refractivity contribution is 0.308. The number of ether oxygens (including phenoxy) is 1. The van der Waals surface area contributed by atoms with E-state index in [1.54, 1.807) is 0 Å². The maximum atomic E-state index is 5.32. The van der Waals surface area contributed by atoms with E-state index in [4.69, 9.17) is 10.6 Å². The largest absolute Gasteiger partial charge is 0.464 e. The molecule has 0 spiro atoms. The lowest BCUT2D eigenvalue weighted by Gasteiger charge is -2.05. The van der Waals surface area contributed by atoms with E-state index in [2.05, 4.69) is 30.6 Å². The molecule has 0 aromatic carbocycles. The van der Waals surface area contributed by atoms with Crippen LogP contribution in [0.3, 0.4) is 0 Å². The summed E-state index contributed by atoms with van der Waals surface area (Å²) in [5, 5.41) is 9.36. The molecule has 0 unspecified atom stereocenters. The third-order valence-electron chi connectivity index (χ3n) is 1.95. The number of nitrogens with one attached hydrogen (secondary N) is 1. The summed E-state index contributed by atoms with van der Waals surface area (Å²) in [5.41, 5.74) is 2.38. The highest BCUT2D eigenvalue weighted by atomic mass is 32.2. The first kappa shape index (κ1) is 14.7. The number of rotatable bonds is 6. The molecule has 0 saturated carbocycles. The highest BCUT2D eigenvalue weighted by molar-refractivity contribution is 8.00. The van der Waals surface area contributed by atoms with Crippen LogP contribution in [0.2, 0.25) is 0 Å². The molecule has 0 aliphatic rings. The smallest absolute Gasteiger partial charge is 0.322 e. The van der Waals surface area contributed by atoms with Gasteiger partial charge in [0.25, 0.3) is 0 Å². The molecule has 0 bridgehead atoms. The Bertz CT molecular complexity index is 575. The predicted octanol–water partition coefficient (Wildman–Crippen LogP) is 0.625. The van der Waals surface area contributed by atoms with E-state index in [9.17, 15) is 0 Å². The highest BCUT2D eigenvalue weighted by Crippen LogP contribution is 2.31. The van der Waals surface area contributed by atoms with Crippen LogP contribution in [-0.2, 0) is 0 Å². The molecular weight excluding hydrogens is 300 g/mol. The zero-order chi connectivity index (χ0) is 14.5. The summed E-state index contributed by atoms with van der Waals surface area (Å²) < 4.78 is 5.99. The Labute approximate surface area is 124 Å². The van der Waals surface area contributed by atoms with Gasteiger partial charge in [0.15, 0.2) is 4.34 Å². The minimum Gasteiger partial charge on any atom is -0.464 e. The topological polar surface area (TPSA) is 115 Å². The molecule has 0 aliphatic carbocycles. The van der Waals surface area contributed by atoms with Crippen LogP contribution in [0.5, 0.6) is 6.01 Å². The van der Waals surface area contributed by atoms with E-state index in [0.717, 1.165) is 9.47 Å². The highest BCUT2D eigenvalue weighted by Gasteiger charge is 2.12. The number of anilines is 2. The lowest BCUT2D eigenvalue weighted by atomic mass is 10.8. The van der Waals surface area contributed by atoms with Crippen molar-refractivity contribution in [1.82, 2.24) is 25.1 Å². The van der Waals surface area contributed by atoms with Gasteiger partial charge in [-0.2, -0.15) is 15.0 Å². The van der Waals surface area contributed by atoms with E-state index in [1.807, 2.05) is 25.9 Å². The van der Waals surface area contributed by atoms with Gasteiger partial charge in [0.2, 0.25) is 16.2 Å². The summed E-state index contributed by atoms with van der Waals surface area (Å²) in [6, 6.07) is 0.218. The number of nitrogens with two attached hydrogens (primary N) is 1. The molecule has 2 heterocycles. The van der Waals surface area contributed by atoms with Gasteiger partial charge in [-0.25, -0.2) is 5.84 Å². The van der Waals surface area contributed by atoms with E-state index in [1.165, 1.54) is 23.1 Å². The number of hydrogen-bond donors (Lipinski definition) is 2. The quantitative estimate of drug-likeness (QED) is 0.580. The van der Waals surface area contributed by atoms with Crippen molar-refractivity contribution < 1.29 is 4.74 Å². The summed E-state index contributed by atoms with van der Waals surface area (Å²) in [4.78, 5) is 14.2. The fraction of sp³-hybridized carbons (Fsp3) is 0.444. The van der Waals surface area contributed by atoms with Crippen LogP contribution in [0.4, 0.5) is 11.1 Å². The van der Waals surface area contributed by atoms with Crippen LogP contribution in [0.15, 0.2) is 9.50 Å². The molecule has 20 heavy (non-hydrogen) atoms. The Morgan fingerprint density at radius 1 is 1.30 bits per heavy atom. The summed E-state index contributed by atoms with van der Waals surface area (Å²) in [7, 11) is 3.81. The maximum Gasteiger partial charge on any atom is 0.322 e. The van der Waals surface area contributed by atoms with Crippen LogP contribution in [-0.4, -0.2) is 45.9 Å².